The number of nitrogens with one attached hydrogen (secondary N) is 1. The first kappa shape index (κ1) is 11.8. The third kappa shape index (κ3) is 2.53. The highest BCUT2D eigenvalue weighted by Crippen LogP contribution is 2.14. The first-order valence-corrected chi connectivity index (χ1v) is 7.04. The average Bonchev–Trinajstić information content (AvgIpc) is 2.39. The minimum absolute atomic E-state index is 0.103. The number of nitrogens with zero attached hydrogens (tertiary/aromatic N) is 1. The molecule has 7 heteroatoms. The summed E-state index contributed by atoms with van der Waals surface area (Å²) >= 11 is 2.15. The Morgan fingerprint density at radius 3 is 2.75 bits per heavy atom. The molecule has 16 heavy (non-hydrogen) atoms. The molecule has 1 aliphatic rings. The Morgan fingerprint density at radius 2 is 2.19 bits per heavy atom. The Morgan fingerprint density at radius 1 is 1.44 bits per heavy atom. The molecule has 0 radical (unpaired) electrons. The van der Waals surface area contributed by atoms with E-state index in [9.17, 15) is 13.2 Å². The largest absolute Gasteiger partial charge is 0.304 e. The maximum absolute atomic E-state index is 11.5. The lowest BCUT2D eigenvalue weighted by atomic mass is 10.2. The first-order chi connectivity index (χ1) is 7.47. The maximum atomic E-state index is 11.5. The van der Waals surface area contributed by atoms with Gasteiger partial charge in [0.05, 0.1) is 6.54 Å². The van der Waals surface area contributed by atoms with Gasteiger partial charge in [0.1, 0.15) is 0 Å². The Labute approximate surface area is 107 Å². The van der Waals surface area contributed by atoms with Gasteiger partial charge in [0, 0.05) is 10.1 Å². The summed E-state index contributed by atoms with van der Waals surface area (Å²) in [5, 5.41) is 0. The van der Waals surface area contributed by atoms with Crippen LogP contribution in [0.2, 0.25) is 0 Å². The lowest BCUT2D eigenvalue weighted by Gasteiger charge is -2.11. The van der Waals surface area contributed by atoms with Crippen molar-refractivity contribution < 1.29 is 13.2 Å². The molecule has 0 saturated carbocycles. The summed E-state index contributed by atoms with van der Waals surface area (Å²) in [5.74, 6) is -0.481. The van der Waals surface area contributed by atoms with Crippen molar-refractivity contribution in [2.24, 2.45) is 0 Å². The molecule has 1 heterocycles. The monoisotopic (exact) mass is 352 g/mol. The molecule has 1 aromatic carbocycles. The van der Waals surface area contributed by atoms with E-state index in [0.717, 1.165) is 13.4 Å². The van der Waals surface area contributed by atoms with Gasteiger partial charge in [-0.2, -0.15) is 12.7 Å². The standard InChI is InChI=1S/C9H9IN2O3S/c10-8-3-1-2-7(4-8)5-12-6-9(13)11-16(12,14)15/h1-4H,5-6H2,(H,11,13). The predicted molar refractivity (Wildman–Crippen MR) is 66.6 cm³/mol. The Bertz CT molecular complexity index is 529. The van der Waals surface area contributed by atoms with Gasteiger partial charge in [-0.05, 0) is 40.3 Å². The number of amides is 1. The van der Waals surface area contributed by atoms with Gasteiger partial charge < -0.3 is 0 Å². The molecule has 1 N–H and O–H groups in total. The summed E-state index contributed by atoms with van der Waals surface area (Å²) in [5.41, 5.74) is 0.868. The molecule has 0 bridgehead atoms. The number of rotatable bonds is 2. The van der Waals surface area contributed by atoms with Crippen molar-refractivity contribution in [3.05, 3.63) is 33.4 Å². The molecule has 0 unspecified atom stereocenters. The molecule has 0 aliphatic carbocycles. The fraction of sp³-hybridized carbons (Fsp3) is 0.222. The van der Waals surface area contributed by atoms with Crippen LogP contribution in [0.5, 0.6) is 0 Å². The number of carbonyl (C=O) groups excluding carboxylic acids is 1. The summed E-state index contributed by atoms with van der Waals surface area (Å²) in [7, 11) is -3.62. The molecular weight excluding hydrogens is 343 g/mol. The summed E-state index contributed by atoms with van der Waals surface area (Å²) in [6, 6.07) is 7.50. The number of carbonyl (C=O) groups is 1. The second kappa shape index (κ2) is 4.30. The highest BCUT2D eigenvalue weighted by molar-refractivity contribution is 14.1. The van der Waals surface area contributed by atoms with Crippen LogP contribution in [0.3, 0.4) is 0 Å². The van der Waals surface area contributed by atoms with E-state index in [0.29, 0.717) is 0 Å². The van der Waals surface area contributed by atoms with E-state index in [1.165, 1.54) is 0 Å². The second-order valence-corrected chi connectivity index (χ2v) is 6.34. The van der Waals surface area contributed by atoms with Gasteiger partial charge >= 0.3 is 10.2 Å². The number of hydrogen-bond donors (Lipinski definition) is 1. The first-order valence-electron chi connectivity index (χ1n) is 4.52. The molecule has 1 fully saturated rings. The Balaban J connectivity index is 2.20. The SMILES string of the molecule is O=C1CN(Cc2cccc(I)c2)S(=O)(=O)N1. The lowest BCUT2D eigenvalue weighted by molar-refractivity contribution is -0.118. The van der Waals surface area contributed by atoms with Gasteiger partial charge in [-0.15, -0.1) is 0 Å². The van der Waals surface area contributed by atoms with Crippen LogP contribution in [-0.4, -0.2) is 25.2 Å². The van der Waals surface area contributed by atoms with Gasteiger partial charge in [0.2, 0.25) is 5.91 Å². The molecule has 0 aromatic heterocycles. The van der Waals surface area contributed by atoms with Crippen molar-refractivity contribution in [2.75, 3.05) is 6.54 Å². The van der Waals surface area contributed by atoms with Crippen molar-refractivity contribution in [1.29, 1.82) is 0 Å². The van der Waals surface area contributed by atoms with E-state index in [2.05, 4.69) is 22.6 Å². The van der Waals surface area contributed by atoms with Gasteiger partial charge in [-0.1, -0.05) is 12.1 Å². The fourth-order valence-corrected chi connectivity index (χ4v) is 3.16. The van der Waals surface area contributed by atoms with Crippen LogP contribution in [0.25, 0.3) is 0 Å². The summed E-state index contributed by atoms with van der Waals surface area (Å²) < 4.78 is 27.0. The molecule has 1 amide bonds. The third-order valence-corrected chi connectivity index (χ3v) is 4.25. The molecule has 1 aromatic rings. The molecule has 1 aliphatic heterocycles. The van der Waals surface area contributed by atoms with Crippen LogP contribution in [-0.2, 0) is 21.5 Å². The molecule has 0 spiro atoms. The summed E-state index contributed by atoms with van der Waals surface area (Å²) in [6.45, 7) is 0.117. The highest BCUT2D eigenvalue weighted by Gasteiger charge is 2.33. The molecule has 1 saturated heterocycles. The van der Waals surface area contributed by atoms with E-state index < -0.39 is 16.1 Å². The predicted octanol–water partition coefficient (Wildman–Crippen LogP) is 0.468. The normalized spacial score (nSPS) is 19.7. The van der Waals surface area contributed by atoms with Gasteiger partial charge in [0.25, 0.3) is 0 Å². The number of halogens is 1. The second-order valence-electron chi connectivity index (χ2n) is 3.43. The van der Waals surface area contributed by atoms with Crippen molar-refractivity contribution in [2.45, 2.75) is 6.54 Å². The van der Waals surface area contributed by atoms with E-state index in [4.69, 9.17) is 0 Å². The molecule has 5 nitrogen and oxygen atoms in total. The van der Waals surface area contributed by atoms with E-state index >= 15 is 0 Å². The zero-order valence-electron chi connectivity index (χ0n) is 8.18. The zero-order chi connectivity index (χ0) is 11.8. The smallest absolute Gasteiger partial charge is 0.272 e. The zero-order valence-corrected chi connectivity index (χ0v) is 11.2. The van der Waals surface area contributed by atoms with Crippen LogP contribution in [0.15, 0.2) is 24.3 Å². The minimum Gasteiger partial charge on any atom is -0.272 e. The van der Waals surface area contributed by atoms with E-state index in [1.807, 2.05) is 29.0 Å². The van der Waals surface area contributed by atoms with Crippen LogP contribution < -0.4 is 4.72 Å². The average molecular weight is 352 g/mol. The maximum Gasteiger partial charge on any atom is 0.304 e. The molecule has 86 valence electrons. The summed E-state index contributed by atoms with van der Waals surface area (Å²) in [4.78, 5) is 11.0. The topological polar surface area (TPSA) is 66.5 Å². The molecular formula is C9H9IN2O3S. The molecule has 0 atom stereocenters. The summed E-state index contributed by atoms with van der Waals surface area (Å²) in [6.07, 6.45) is 0. The van der Waals surface area contributed by atoms with Crippen molar-refractivity contribution in [1.82, 2.24) is 9.03 Å². The van der Waals surface area contributed by atoms with Crippen LogP contribution >= 0.6 is 22.6 Å². The Hall–Kier alpha value is -0.670. The van der Waals surface area contributed by atoms with Crippen molar-refractivity contribution in [3.63, 3.8) is 0 Å². The van der Waals surface area contributed by atoms with Gasteiger partial charge in [-0.3, -0.25) is 4.79 Å². The van der Waals surface area contributed by atoms with Gasteiger partial charge in [0.15, 0.2) is 0 Å². The minimum atomic E-state index is -3.62. The fourth-order valence-electron chi connectivity index (χ4n) is 1.47. The van der Waals surface area contributed by atoms with E-state index in [1.54, 1.807) is 0 Å². The van der Waals surface area contributed by atoms with Crippen LogP contribution in [0.1, 0.15) is 5.56 Å². The third-order valence-electron chi connectivity index (χ3n) is 2.15. The number of hydrogen-bond acceptors (Lipinski definition) is 3. The van der Waals surface area contributed by atoms with Gasteiger partial charge in [-0.25, -0.2) is 4.72 Å². The van der Waals surface area contributed by atoms with E-state index in [-0.39, 0.29) is 13.1 Å². The quantitative estimate of drug-likeness (QED) is 0.787. The van der Waals surface area contributed by atoms with Crippen molar-refractivity contribution in [3.8, 4) is 0 Å². The number of benzene rings is 1. The highest BCUT2D eigenvalue weighted by atomic mass is 127. The van der Waals surface area contributed by atoms with Crippen LogP contribution in [0, 0.1) is 3.57 Å². The Kier molecular flexibility index (Phi) is 3.17. The lowest BCUT2D eigenvalue weighted by Crippen LogP contribution is -2.29. The molecule has 2 rings (SSSR count). The van der Waals surface area contributed by atoms with Crippen LogP contribution in [0.4, 0.5) is 0 Å². The van der Waals surface area contributed by atoms with Crippen molar-refractivity contribution >= 4 is 38.7 Å².